The number of anilines is 1. The maximum Gasteiger partial charge on any atom is 0.248 e. The van der Waals surface area contributed by atoms with Gasteiger partial charge in [0.1, 0.15) is 12.2 Å². The van der Waals surface area contributed by atoms with Gasteiger partial charge in [-0.2, -0.15) is 0 Å². The molecule has 0 aromatic carbocycles. The molecule has 4 unspecified atom stereocenters. The highest BCUT2D eigenvalue weighted by Gasteiger charge is 2.42. The Labute approximate surface area is 198 Å². The molecule has 3 fully saturated rings. The molecule has 1 saturated carbocycles. The summed E-state index contributed by atoms with van der Waals surface area (Å²) in [6.45, 7) is 0.432. The molecule has 3 heterocycles. The van der Waals surface area contributed by atoms with Gasteiger partial charge in [0.25, 0.3) is 0 Å². The Morgan fingerprint density at radius 1 is 1.32 bits per heavy atom. The van der Waals surface area contributed by atoms with Crippen LogP contribution in [0.25, 0.3) is 0 Å². The van der Waals surface area contributed by atoms with Crippen molar-refractivity contribution in [2.45, 2.75) is 69.9 Å². The third kappa shape index (κ3) is 6.69. The zero-order valence-corrected chi connectivity index (χ0v) is 19.2. The van der Waals surface area contributed by atoms with Crippen LogP contribution in [0.4, 0.5) is 10.2 Å². The number of hydrogen-bond donors (Lipinski definition) is 1. The average molecular weight is 478 g/mol. The third-order valence-corrected chi connectivity index (χ3v) is 6.53. The van der Waals surface area contributed by atoms with Gasteiger partial charge in [-0.25, -0.2) is 19.3 Å². The number of hydrogen-bond acceptors (Lipinski definition) is 7. The van der Waals surface area contributed by atoms with Crippen LogP contribution >= 0.6 is 0 Å². The van der Waals surface area contributed by atoms with E-state index in [4.69, 9.17) is 9.57 Å². The Bertz CT molecular complexity index is 836. The molecule has 3 aliphatic rings. The summed E-state index contributed by atoms with van der Waals surface area (Å²) in [5.74, 6) is -0.646. The van der Waals surface area contributed by atoms with Crippen LogP contribution in [0.1, 0.15) is 51.4 Å². The maximum atomic E-state index is 14.4. The van der Waals surface area contributed by atoms with Crippen molar-refractivity contribution in [3.63, 3.8) is 0 Å². The first kappa shape index (κ1) is 24.5. The first-order chi connectivity index (χ1) is 16.5. The molecule has 3 amide bonds. The fourth-order valence-corrected chi connectivity index (χ4v) is 4.49. The molecular formula is C23H32FN5O5. The molecule has 11 heteroatoms. The van der Waals surface area contributed by atoms with Crippen molar-refractivity contribution in [2.75, 3.05) is 25.0 Å². The van der Waals surface area contributed by atoms with Gasteiger partial charge in [0.2, 0.25) is 18.2 Å². The minimum atomic E-state index is -1.31. The topological polar surface area (TPSA) is 114 Å². The number of rotatable bonds is 11. The van der Waals surface area contributed by atoms with Crippen molar-refractivity contribution in [2.24, 2.45) is 11.8 Å². The summed E-state index contributed by atoms with van der Waals surface area (Å²) in [6, 6.07) is -0.958. The van der Waals surface area contributed by atoms with Gasteiger partial charge in [-0.1, -0.05) is 12.8 Å². The molecule has 2 aliphatic heterocycles. The SMILES string of the molecule is O=CN(CC(CCC1CC1)C(=O)N1CC(F)CC1C(=O)Nc1cnccn1)OC1CCCCO1. The summed E-state index contributed by atoms with van der Waals surface area (Å²) in [5, 5.41) is 3.73. The van der Waals surface area contributed by atoms with E-state index in [-0.39, 0.29) is 31.2 Å². The highest BCUT2D eigenvalue weighted by atomic mass is 19.1. The fourth-order valence-electron chi connectivity index (χ4n) is 4.49. The standard InChI is InChI=1S/C23H32FN5O5/c24-18-11-19(22(31)27-20-12-25-8-9-26-20)29(14-18)23(32)17(7-6-16-4-5-16)13-28(15-30)34-21-3-1-2-10-33-21/h8-9,12,15-19,21H,1-7,10-11,13-14H2,(H,26,27,31). The van der Waals surface area contributed by atoms with Crippen molar-refractivity contribution in [3.05, 3.63) is 18.6 Å². The first-order valence-corrected chi connectivity index (χ1v) is 12.0. The van der Waals surface area contributed by atoms with Gasteiger partial charge >= 0.3 is 0 Å². The Balaban J connectivity index is 1.43. The molecule has 10 nitrogen and oxygen atoms in total. The summed E-state index contributed by atoms with van der Waals surface area (Å²) >= 11 is 0. The smallest absolute Gasteiger partial charge is 0.248 e. The summed E-state index contributed by atoms with van der Waals surface area (Å²) in [7, 11) is 0. The molecule has 4 rings (SSSR count). The normalized spacial score (nSPS) is 25.6. The number of nitrogens with one attached hydrogen (secondary N) is 1. The largest absolute Gasteiger partial charge is 0.350 e. The van der Waals surface area contributed by atoms with Crippen molar-refractivity contribution in [1.29, 1.82) is 0 Å². The van der Waals surface area contributed by atoms with Gasteiger partial charge in [-0.05, 0) is 31.6 Å². The average Bonchev–Trinajstić information content (AvgIpc) is 3.60. The van der Waals surface area contributed by atoms with Crippen LogP contribution in [0.2, 0.25) is 0 Å². The zero-order chi connectivity index (χ0) is 23.9. The Kier molecular flexibility index (Phi) is 8.39. The number of ether oxygens (including phenoxy) is 1. The fraction of sp³-hybridized carbons (Fsp3) is 0.696. The molecule has 1 aliphatic carbocycles. The molecule has 0 bridgehead atoms. The number of amides is 3. The van der Waals surface area contributed by atoms with E-state index in [0.29, 0.717) is 31.8 Å². The van der Waals surface area contributed by atoms with Crippen molar-refractivity contribution < 1.29 is 28.3 Å². The lowest BCUT2D eigenvalue weighted by molar-refractivity contribution is -0.276. The lowest BCUT2D eigenvalue weighted by Gasteiger charge is -2.32. The van der Waals surface area contributed by atoms with Crippen LogP contribution in [0.15, 0.2) is 18.6 Å². The Hall–Kier alpha value is -2.66. The molecule has 1 N–H and O–H groups in total. The van der Waals surface area contributed by atoms with E-state index in [0.717, 1.165) is 37.2 Å². The quantitative estimate of drug-likeness (QED) is 0.383. The molecule has 1 aromatic heterocycles. The number of alkyl halides is 1. The number of carbonyl (C=O) groups excluding carboxylic acids is 3. The highest BCUT2D eigenvalue weighted by Crippen LogP contribution is 2.35. The van der Waals surface area contributed by atoms with E-state index >= 15 is 0 Å². The molecule has 4 atom stereocenters. The Morgan fingerprint density at radius 3 is 2.85 bits per heavy atom. The van der Waals surface area contributed by atoms with Gasteiger partial charge in [0.05, 0.1) is 25.2 Å². The van der Waals surface area contributed by atoms with Crippen LogP contribution < -0.4 is 5.32 Å². The van der Waals surface area contributed by atoms with E-state index in [1.54, 1.807) is 0 Å². The summed E-state index contributed by atoms with van der Waals surface area (Å²) < 4.78 is 19.9. The molecule has 2 saturated heterocycles. The predicted molar refractivity (Wildman–Crippen MR) is 119 cm³/mol. The van der Waals surface area contributed by atoms with Gasteiger partial charge in [0.15, 0.2) is 12.1 Å². The van der Waals surface area contributed by atoms with Gasteiger partial charge in [0, 0.05) is 31.8 Å². The number of halogens is 1. The van der Waals surface area contributed by atoms with E-state index in [1.165, 1.54) is 23.5 Å². The first-order valence-electron chi connectivity index (χ1n) is 12.0. The molecule has 1 aromatic rings. The molecule has 34 heavy (non-hydrogen) atoms. The van der Waals surface area contributed by atoms with Gasteiger partial charge in [-0.15, -0.1) is 0 Å². The van der Waals surface area contributed by atoms with Crippen LogP contribution in [0.5, 0.6) is 0 Å². The van der Waals surface area contributed by atoms with Gasteiger partial charge < -0.3 is 15.0 Å². The second-order valence-electron chi connectivity index (χ2n) is 9.24. The molecular weight excluding hydrogens is 445 g/mol. The molecule has 0 radical (unpaired) electrons. The van der Waals surface area contributed by atoms with E-state index in [2.05, 4.69) is 15.3 Å². The van der Waals surface area contributed by atoms with E-state index in [1.807, 2.05) is 0 Å². The number of likely N-dealkylation sites (tertiary alicyclic amines) is 1. The zero-order valence-electron chi connectivity index (χ0n) is 19.2. The molecule has 186 valence electrons. The van der Waals surface area contributed by atoms with Crippen LogP contribution in [-0.2, 0) is 24.0 Å². The summed E-state index contributed by atoms with van der Waals surface area (Å²) in [5.41, 5.74) is 0. The van der Waals surface area contributed by atoms with Crippen LogP contribution in [-0.4, -0.2) is 76.4 Å². The minimum absolute atomic E-state index is 0.0286. The van der Waals surface area contributed by atoms with Crippen LogP contribution in [0.3, 0.4) is 0 Å². The monoisotopic (exact) mass is 477 g/mol. The highest BCUT2D eigenvalue weighted by molar-refractivity contribution is 5.97. The summed E-state index contributed by atoms with van der Waals surface area (Å²) in [6.07, 6.45) is 9.12. The number of hydroxylamine groups is 2. The third-order valence-electron chi connectivity index (χ3n) is 6.53. The van der Waals surface area contributed by atoms with E-state index in [9.17, 15) is 18.8 Å². The van der Waals surface area contributed by atoms with Crippen molar-refractivity contribution >= 4 is 24.0 Å². The lowest BCUT2D eigenvalue weighted by atomic mass is 9.98. The second-order valence-corrected chi connectivity index (χ2v) is 9.24. The van der Waals surface area contributed by atoms with Crippen molar-refractivity contribution in [1.82, 2.24) is 19.9 Å². The summed E-state index contributed by atoms with van der Waals surface area (Å²) in [4.78, 5) is 53.0. The van der Waals surface area contributed by atoms with Gasteiger partial charge in [-0.3, -0.25) is 19.4 Å². The van der Waals surface area contributed by atoms with Crippen molar-refractivity contribution in [3.8, 4) is 0 Å². The lowest BCUT2D eigenvalue weighted by Crippen LogP contribution is -2.48. The Morgan fingerprint density at radius 2 is 2.18 bits per heavy atom. The minimum Gasteiger partial charge on any atom is -0.350 e. The van der Waals surface area contributed by atoms with E-state index < -0.39 is 30.3 Å². The predicted octanol–water partition coefficient (Wildman–Crippen LogP) is 2.08. The number of carbonyl (C=O) groups is 3. The number of aromatic nitrogens is 2. The maximum absolute atomic E-state index is 14.4. The molecule has 0 spiro atoms. The number of nitrogens with zero attached hydrogens (tertiary/aromatic N) is 4. The second kappa shape index (κ2) is 11.7. The van der Waals surface area contributed by atoms with Crippen LogP contribution in [0, 0.1) is 11.8 Å².